The average molecular weight is 385 g/mol. The topological polar surface area (TPSA) is 38.3 Å². The first-order valence-corrected chi connectivity index (χ1v) is 9.06. The number of amides is 1. The van der Waals surface area contributed by atoms with E-state index < -0.39 is 16.9 Å². The summed E-state index contributed by atoms with van der Waals surface area (Å²) in [6.45, 7) is 0. The largest absolute Gasteiger partial charge is 0.497 e. The Labute approximate surface area is 160 Å². The van der Waals surface area contributed by atoms with Gasteiger partial charge in [-0.1, -0.05) is 36.4 Å². The standard InChI is InChI=1S/C21H17F2NO2S/c1-26-17-9-5-8-16(13-17)24-21(25)20(14-6-3-2-4-7-14)27-19-12-15(22)10-11-18(19)23/h2-13,20H,1H3,(H,24,25)/t20-/m0/s1. The van der Waals surface area contributed by atoms with E-state index in [9.17, 15) is 13.6 Å². The first-order chi connectivity index (χ1) is 13.1. The second-order valence-corrected chi connectivity index (χ2v) is 6.85. The highest BCUT2D eigenvalue weighted by atomic mass is 32.2. The summed E-state index contributed by atoms with van der Waals surface area (Å²) < 4.78 is 32.8. The third kappa shape index (κ3) is 4.86. The van der Waals surface area contributed by atoms with Crippen molar-refractivity contribution in [1.29, 1.82) is 0 Å². The maximum absolute atomic E-state index is 14.1. The number of hydrogen-bond acceptors (Lipinski definition) is 3. The van der Waals surface area contributed by atoms with Crippen LogP contribution < -0.4 is 10.1 Å². The predicted molar refractivity (Wildman–Crippen MR) is 103 cm³/mol. The second-order valence-electron chi connectivity index (χ2n) is 5.70. The van der Waals surface area contributed by atoms with Gasteiger partial charge in [-0.3, -0.25) is 4.79 Å². The highest BCUT2D eigenvalue weighted by Gasteiger charge is 2.24. The number of halogens is 2. The first-order valence-electron chi connectivity index (χ1n) is 8.18. The molecule has 0 aliphatic rings. The van der Waals surface area contributed by atoms with E-state index in [0.717, 1.165) is 30.0 Å². The van der Waals surface area contributed by atoms with Crippen LogP contribution in [0.4, 0.5) is 14.5 Å². The van der Waals surface area contributed by atoms with Crippen LogP contribution in [0, 0.1) is 11.6 Å². The molecule has 3 aromatic carbocycles. The van der Waals surface area contributed by atoms with E-state index in [1.807, 2.05) is 6.07 Å². The predicted octanol–water partition coefficient (Wildman–Crippen LogP) is 5.45. The van der Waals surface area contributed by atoms with Gasteiger partial charge in [0.2, 0.25) is 5.91 Å². The molecule has 1 amide bonds. The number of carbonyl (C=O) groups excluding carboxylic acids is 1. The molecule has 3 rings (SSSR count). The summed E-state index contributed by atoms with van der Waals surface area (Å²) in [6, 6.07) is 19.1. The zero-order chi connectivity index (χ0) is 19.2. The fourth-order valence-electron chi connectivity index (χ4n) is 2.50. The Kier molecular flexibility index (Phi) is 6.08. The molecule has 0 spiro atoms. The van der Waals surface area contributed by atoms with Gasteiger partial charge < -0.3 is 10.1 Å². The van der Waals surface area contributed by atoms with Crippen molar-refractivity contribution in [2.75, 3.05) is 12.4 Å². The molecule has 0 aliphatic heterocycles. The van der Waals surface area contributed by atoms with Gasteiger partial charge in [-0.25, -0.2) is 8.78 Å². The van der Waals surface area contributed by atoms with Gasteiger partial charge in [-0.05, 0) is 35.9 Å². The molecule has 0 heterocycles. The molecule has 0 aromatic heterocycles. The number of anilines is 1. The Bertz CT molecular complexity index is 934. The second kappa shape index (κ2) is 8.68. The van der Waals surface area contributed by atoms with E-state index in [-0.39, 0.29) is 10.8 Å². The van der Waals surface area contributed by atoms with Crippen molar-refractivity contribution in [1.82, 2.24) is 0 Å². The summed E-state index contributed by atoms with van der Waals surface area (Å²) in [7, 11) is 1.54. The van der Waals surface area contributed by atoms with Gasteiger partial charge in [0.15, 0.2) is 0 Å². The molecular weight excluding hydrogens is 368 g/mol. The average Bonchev–Trinajstić information content (AvgIpc) is 2.69. The lowest BCUT2D eigenvalue weighted by Crippen LogP contribution is -2.19. The summed E-state index contributed by atoms with van der Waals surface area (Å²) in [5.74, 6) is -0.869. The van der Waals surface area contributed by atoms with Crippen molar-refractivity contribution in [3.63, 3.8) is 0 Å². The molecule has 27 heavy (non-hydrogen) atoms. The van der Waals surface area contributed by atoms with Crippen LogP contribution in [-0.4, -0.2) is 13.0 Å². The van der Waals surface area contributed by atoms with E-state index in [4.69, 9.17) is 4.74 Å². The van der Waals surface area contributed by atoms with Gasteiger partial charge in [0, 0.05) is 16.6 Å². The van der Waals surface area contributed by atoms with Crippen molar-refractivity contribution in [3.8, 4) is 5.75 Å². The van der Waals surface area contributed by atoms with Crippen LogP contribution in [-0.2, 0) is 4.79 Å². The van der Waals surface area contributed by atoms with E-state index in [1.165, 1.54) is 7.11 Å². The lowest BCUT2D eigenvalue weighted by Gasteiger charge is -2.18. The van der Waals surface area contributed by atoms with Crippen LogP contribution in [0.3, 0.4) is 0 Å². The third-order valence-corrected chi connectivity index (χ3v) is 5.10. The Morgan fingerprint density at radius 3 is 2.52 bits per heavy atom. The van der Waals surface area contributed by atoms with Crippen molar-refractivity contribution in [2.45, 2.75) is 10.1 Å². The zero-order valence-corrected chi connectivity index (χ0v) is 15.3. The SMILES string of the molecule is COc1cccc(NC(=O)[C@@H](Sc2cc(F)ccc2F)c2ccccc2)c1. The minimum atomic E-state index is -0.756. The van der Waals surface area contributed by atoms with Crippen LogP contribution >= 0.6 is 11.8 Å². The molecule has 0 saturated carbocycles. The zero-order valence-electron chi connectivity index (χ0n) is 14.5. The lowest BCUT2D eigenvalue weighted by atomic mass is 10.1. The molecule has 0 radical (unpaired) electrons. The molecule has 3 aromatic rings. The van der Waals surface area contributed by atoms with Crippen LogP contribution in [0.2, 0.25) is 0 Å². The van der Waals surface area contributed by atoms with Crippen LogP contribution in [0.5, 0.6) is 5.75 Å². The number of rotatable bonds is 6. The van der Waals surface area contributed by atoms with Crippen molar-refractivity contribution in [3.05, 3.63) is 90.0 Å². The number of benzene rings is 3. The highest BCUT2D eigenvalue weighted by molar-refractivity contribution is 8.00. The van der Waals surface area contributed by atoms with E-state index in [1.54, 1.807) is 48.5 Å². The monoisotopic (exact) mass is 385 g/mol. The molecule has 3 nitrogen and oxygen atoms in total. The molecule has 0 fully saturated rings. The summed E-state index contributed by atoms with van der Waals surface area (Å²) >= 11 is 0.962. The molecule has 0 unspecified atom stereocenters. The molecular formula is C21H17F2NO2S. The quantitative estimate of drug-likeness (QED) is 0.574. The van der Waals surface area contributed by atoms with Gasteiger partial charge in [-0.2, -0.15) is 0 Å². The van der Waals surface area contributed by atoms with Crippen LogP contribution in [0.1, 0.15) is 10.8 Å². The number of thioether (sulfide) groups is 1. The Balaban J connectivity index is 1.89. The fourth-order valence-corrected chi connectivity index (χ4v) is 3.58. The van der Waals surface area contributed by atoms with E-state index >= 15 is 0 Å². The number of carbonyl (C=O) groups is 1. The smallest absolute Gasteiger partial charge is 0.242 e. The first kappa shape index (κ1) is 18.9. The number of methoxy groups -OCH3 is 1. The molecule has 0 aliphatic carbocycles. The normalized spacial score (nSPS) is 11.7. The number of nitrogens with one attached hydrogen (secondary N) is 1. The maximum atomic E-state index is 14.1. The maximum Gasteiger partial charge on any atom is 0.242 e. The minimum Gasteiger partial charge on any atom is -0.497 e. The van der Waals surface area contributed by atoms with Crippen molar-refractivity contribution >= 4 is 23.4 Å². The molecule has 0 saturated heterocycles. The fraction of sp³-hybridized carbons (Fsp3) is 0.0952. The summed E-state index contributed by atoms with van der Waals surface area (Å²) in [6.07, 6.45) is 0. The Morgan fingerprint density at radius 1 is 1.00 bits per heavy atom. The third-order valence-electron chi connectivity index (χ3n) is 3.82. The molecule has 138 valence electrons. The summed E-state index contributed by atoms with van der Waals surface area (Å²) in [5, 5.41) is 2.06. The van der Waals surface area contributed by atoms with E-state index in [0.29, 0.717) is 17.0 Å². The van der Waals surface area contributed by atoms with Crippen molar-refractivity contribution < 1.29 is 18.3 Å². The summed E-state index contributed by atoms with van der Waals surface area (Å²) in [4.78, 5) is 13.0. The molecule has 1 N–H and O–H groups in total. The summed E-state index contributed by atoms with van der Waals surface area (Å²) in [5.41, 5.74) is 1.24. The number of hydrogen-bond donors (Lipinski definition) is 1. The molecule has 1 atom stereocenters. The Morgan fingerprint density at radius 2 is 1.78 bits per heavy atom. The number of ether oxygens (including phenoxy) is 1. The van der Waals surface area contributed by atoms with Crippen LogP contribution in [0.15, 0.2) is 77.7 Å². The van der Waals surface area contributed by atoms with Crippen molar-refractivity contribution in [2.24, 2.45) is 0 Å². The Hall–Kier alpha value is -2.86. The lowest BCUT2D eigenvalue weighted by molar-refractivity contribution is -0.115. The van der Waals surface area contributed by atoms with Gasteiger partial charge in [0.25, 0.3) is 0 Å². The van der Waals surface area contributed by atoms with Gasteiger partial charge in [-0.15, -0.1) is 11.8 Å². The van der Waals surface area contributed by atoms with Gasteiger partial charge >= 0.3 is 0 Å². The van der Waals surface area contributed by atoms with Gasteiger partial charge in [0.05, 0.1) is 7.11 Å². The molecule has 6 heteroatoms. The van der Waals surface area contributed by atoms with E-state index in [2.05, 4.69) is 5.32 Å². The minimum absolute atomic E-state index is 0.0737. The van der Waals surface area contributed by atoms with Gasteiger partial charge in [0.1, 0.15) is 22.6 Å². The molecule has 0 bridgehead atoms. The van der Waals surface area contributed by atoms with Crippen LogP contribution in [0.25, 0.3) is 0 Å². The highest BCUT2D eigenvalue weighted by Crippen LogP contribution is 2.38.